The molecule has 4 heteroatoms. The molecular weight excluding hydrogens is 437 g/mol. The molecule has 1 aliphatic rings. The second kappa shape index (κ2) is 13.1. The quantitative estimate of drug-likeness (QED) is 0.299. The van der Waals surface area contributed by atoms with Crippen LogP contribution in [0.25, 0.3) is 0 Å². The number of hydrogen-bond acceptors (Lipinski definition) is 1. The predicted molar refractivity (Wildman–Crippen MR) is 70.2 cm³/mol. The van der Waals surface area contributed by atoms with Crippen LogP contribution in [0.2, 0.25) is 0 Å². The second-order valence-electron chi connectivity index (χ2n) is 2.32. The molecule has 0 heterocycles. The molecule has 0 atom stereocenters. The van der Waals surface area contributed by atoms with E-state index in [0.717, 1.165) is 0 Å². The van der Waals surface area contributed by atoms with E-state index < -0.39 is 0 Å². The Balaban J connectivity index is 0. The fourth-order valence-corrected chi connectivity index (χ4v) is 0.856. The molecule has 0 aromatic carbocycles. The summed E-state index contributed by atoms with van der Waals surface area (Å²) in [5.74, 6) is 0. The Bertz CT molecular complexity index is 148. The van der Waals surface area contributed by atoms with Crippen LogP contribution in [0.3, 0.4) is 0 Å². The van der Waals surface area contributed by atoms with Gasteiger partial charge in [-0.05, 0) is 25.7 Å². The molecule has 0 aromatic heterocycles. The van der Waals surface area contributed by atoms with E-state index in [9.17, 15) is 4.79 Å². The first-order valence-electron chi connectivity index (χ1n) is 3.88. The minimum atomic E-state index is 0. The first kappa shape index (κ1) is 16.5. The maximum absolute atomic E-state index is 9.42. The van der Waals surface area contributed by atoms with Gasteiger partial charge in [-0.2, -0.15) is 0 Å². The first-order chi connectivity index (χ1) is 5.73. The van der Waals surface area contributed by atoms with Gasteiger partial charge in [-0.3, -0.25) is 4.79 Å². The van der Waals surface area contributed by atoms with Gasteiger partial charge in [-0.1, -0.05) is 24.3 Å². The molecule has 0 aliphatic heterocycles. The average Bonchev–Trinajstić information content (AvgIpc) is 1.82. The van der Waals surface area contributed by atoms with Crippen molar-refractivity contribution in [3.05, 3.63) is 24.3 Å². The largest absolute Gasteiger partial charge is 0.276 e. The van der Waals surface area contributed by atoms with Gasteiger partial charge in [-0.25, -0.2) is 0 Å². The molecule has 0 N–H and O–H groups in total. The molecule has 13 heavy (non-hydrogen) atoms. The van der Waals surface area contributed by atoms with Gasteiger partial charge in [0.1, 0.15) is 0 Å². The monoisotopic (exact) mass is 449 g/mol. The van der Waals surface area contributed by atoms with E-state index in [-0.39, 0.29) is 18.6 Å². The van der Waals surface area contributed by atoms with Gasteiger partial charge in [0, 0.05) is 62.0 Å². The van der Waals surface area contributed by atoms with Crippen LogP contribution in [0.1, 0.15) is 25.7 Å². The Kier molecular flexibility index (Phi) is 16.7. The van der Waals surface area contributed by atoms with Crippen molar-refractivity contribution in [2.24, 2.45) is 0 Å². The Morgan fingerprint density at radius 2 is 1.00 bits per heavy atom. The molecule has 1 radical (unpaired) electrons. The van der Waals surface area contributed by atoms with Crippen molar-refractivity contribution in [3.63, 3.8) is 0 Å². The fraction of sp³-hybridized carbons (Fsp3) is 0.444. The van der Waals surface area contributed by atoms with E-state index in [1.807, 2.05) is 0 Å². The molecule has 1 aliphatic carbocycles. The van der Waals surface area contributed by atoms with Gasteiger partial charge in [0.25, 0.3) is 1.80 Å². The van der Waals surface area contributed by atoms with E-state index in [2.05, 4.69) is 24.3 Å². The summed E-state index contributed by atoms with van der Waals surface area (Å²) in [5.41, 5.74) is 0. The topological polar surface area (TPSA) is 17.1 Å². The minimum Gasteiger partial charge on any atom is -0.276 e. The summed E-state index contributed by atoms with van der Waals surface area (Å²) < 4.78 is 0.107. The van der Waals surface area contributed by atoms with Gasteiger partial charge in [-0.15, -0.1) is 0 Å². The Morgan fingerprint density at radius 3 is 1.15 bits per heavy atom. The SMILES string of the molecule is C1=C\CC/C=C\CC/1.O=C(I)I.[Co]. The van der Waals surface area contributed by atoms with Crippen LogP contribution in [0.15, 0.2) is 24.3 Å². The second-order valence-corrected chi connectivity index (χ2v) is 6.35. The summed E-state index contributed by atoms with van der Waals surface area (Å²) in [6.07, 6.45) is 14.0. The standard InChI is InChI=1S/C8H12.CI2O.Co/c1-2-4-6-8-7-5-3-1;2-1(3)4;/h1-2,7-8H,3-6H2;;/b2-1-,8-7-;;. The van der Waals surface area contributed by atoms with Crippen LogP contribution >= 0.6 is 45.2 Å². The number of carbonyl (C=O) groups is 1. The van der Waals surface area contributed by atoms with Crippen molar-refractivity contribution in [1.82, 2.24) is 0 Å². The molecule has 0 bridgehead atoms. The maximum atomic E-state index is 9.42. The third kappa shape index (κ3) is 19.5. The summed E-state index contributed by atoms with van der Waals surface area (Å²) >= 11 is 3.38. The van der Waals surface area contributed by atoms with Crippen LogP contribution in [-0.2, 0) is 16.8 Å². The van der Waals surface area contributed by atoms with Crippen molar-refractivity contribution in [2.45, 2.75) is 25.7 Å². The summed E-state index contributed by atoms with van der Waals surface area (Å²) in [6, 6.07) is 0. The molecular formula is C9H12CoI2O. The summed E-state index contributed by atoms with van der Waals surface area (Å²) in [4.78, 5) is 9.42. The molecule has 0 saturated carbocycles. The normalized spacial score (nSPS) is 19.2. The molecule has 0 unspecified atom stereocenters. The molecule has 1 nitrogen and oxygen atoms in total. The third-order valence-electron chi connectivity index (χ3n) is 1.33. The van der Waals surface area contributed by atoms with E-state index in [1.54, 1.807) is 45.2 Å². The molecule has 0 amide bonds. The van der Waals surface area contributed by atoms with Gasteiger partial charge in [0.05, 0.1) is 0 Å². The van der Waals surface area contributed by atoms with E-state index >= 15 is 0 Å². The summed E-state index contributed by atoms with van der Waals surface area (Å²) in [5, 5.41) is 0. The molecule has 0 saturated heterocycles. The molecule has 0 spiro atoms. The zero-order chi connectivity index (χ0) is 9.23. The van der Waals surface area contributed by atoms with Crippen molar-refractivity contribution in [1.29, 1.82) is 0 Å². The van der Waals surface area contributed by atoms with Crippen LogP contribution in [0, 0.1) is 0 Å². The number of halogens is 2. The maximum Gasteiger partial charge on any atom is 0.251 e. The van der Waals surface area contributed by atoms with Crippen molar-refractivity contribution >= 4 is 47.0 Å². The predicted octanol–water partition coefficient (Wildman–Crippen LogP) is 4.65. The molecule has 77 valence electrons. The van der Waals surface area contributed by atoms with E-state index in [4.69, 9.17) is 0 Å². The zero-order valence-corrected chi connectivity index (χ0v) is 12.5. The minimum absolute atomic E-state index is 0. The number of rotatable bonds is 0. The van der Waals surface area contributed by atoms with Gasteiger partial charge >= 0.3 is 0 Å². The van der Waals surface area contributed by atoms with Gasteiger partial charge < -0.3 is 0 Å². The van der Waals surface area contributed by atoms with Crippen molar-refractivity contribution in [2.75, 3.05) is 0 Å². The smallest absolute Gasteiger partial charge is 0.251 e. The van der Waals surface area contributed by atoms with Gasteiger partial charge in [0.15, 0.2) is 0 Å². The molecule has 0 aromatic rings. The van der Waals surface area contributed by atoms with Crippen LogP contribution < -0.4 is 0 Å². The summed E-state index contributed by atoms with van der Waals surface area (Å²) in [7, 11) is 0. The molecule has 1 rings (SSSR count). The van der Waals surface area contributed by atoms with Crippen molar-refractivity contribution < 1.29 is 21.6 Å². The van der Waals surface area contributed by atoms with Crippen LogP contribution in [0.5, 0.6) is 0 Å². The van der Waals surface area contributed by atoms with E-state index in [1.165, 1.54) is 25.7 Å². The zero-order valence-electron chi connectivity index (χ0n) is 7.14. The number of allylic oxidation sites excluding steroid dienone is 4. The van der Waals surface area contributed by atoms with Crippen molar-refractivity contribution in [3.8, 4) is 0 Å². The first-order valence-corrected chi connectivity index (χ1v) is 6.04. The molecule has 0 fully saturated rings. The van der Waals surface area contributed by atoms with Gasteiger partial charge in [0.2, 0.25) is 0 Å². The van der Waals surface area contributed by atoms with Crippen LogP contribution in [-0.4, -0.2) is 1.80 Å². The Labute approximate surface area is 117 Å². The summed E-state index contributed by atoms with van der Waals surface area (Å²) in [6.45, 7) is 0. The Hall–Kier alpha value is 1.12. The third-order valence-corrected chi connectivity index (χ3v) is 1.33. The average molecular weight is 449 g/mol. The van der Waals surface area contributed by atoms with E-state index in [0.29, 0.717) is 0 Å². The number of carbonyl (C=O) groups excluding carboxylic acids is 1. The number of hydrogen-bond donors (Lipinski definition) is 0. The fourth-order valence-electron chi connectivity index (χ4n) is 0.856. The van der Waals surface area contributed by atoms with Crippen LogP contribution in [0.4, 0.5) is 4.79 Å². The Morgan fingerprint density at radius 1 is 0.846 bits per heavy atom.